The Morgan fingerprint density at radius 2 is 2.15 bits per heavy atom. The van der Waals surface area contributed by atoms with Crippen LogP contribution in [0.5, 0.6) is 0 Å². The zero-order chi connectivity index (χ0) is 14.8. The maximum atomic E-state index is 9.67. The number of allylic oxidation sites excluding steroid dienone is 1. The number of unbranched alkanes of at least 4 members (excludes halogenated alkanes) is 2. The summed E-state index contributed by atoms with van der Waals surface area (Å²) in [5, 5.41) is 9.67. The predicted molar refractivity (Wildman–Crippen MR) is 84.4 cm³/mol. The zero-order valence-electron chi connectivity index (χ0n) is 12.8. The first-order valence-electron chi connectivity index (χ1n) is 7.54. The topological polar surface area (TPSA) is 36.4 Å². The van der Waals surface area contributed by atoms with Gasteiger partial charge >= 0.3 is 0 Å². The van der Waals surface area contributed by atoms with Gasteiger partial charge in [-0.2, -0.15) is 0 Å². The predicted octanol–water partition coefficient (Wildman–Crippen LogP) is 3.26. The van der Waals surface area contributed by atoms with Gasteiger partial charge in [0.1, 0.15) is 0 Å². The first-order chi connectivity index (χ1) is 9.69. The molecule has 1 rings (SSSR count). The molecule has 0 saturated heterocycles. The van der Waals surface area contributed by atoms with E-state index in [1.165, 1.54) is 0 Å². The fourth-order valence-corrected chi connectivity index (χ4v) is 2.41. The van der Waals surface area contributed by atoms with E-state index >= 15 is 0 Å². The third-order valence-corrected chi connectivity index (χ3v) is 3.62. The van der Waals surface area contributed by atoms with Crippen LogP contribution >= 0.6 is 0 Å². The van der Waals surface area contributed by atoms with E-state index in [0.717, 1.165) is 38.0 Å². The van der Waals surface area contributed by atoms with Crippen molar-refractivity contribution in [2.45, 2.75) is 45.7 Å². The number of hydrogen-bond donors (Lipinski definition) is 1. The van der Waals surface area contributed by atoms with Crippen molar-refractivity contribution < 1.29 is 5.11 Å². The van der Waals surface area contributed by atoms with Gasteiger partial charge in [0.25, 0.3) is 0 Å². The number of aliphatic hydroxyl groups excluding tert-OH is 1. The normalized spacial score (nSPS) is 12.8. The molecule has 1 N–H and O–H groups in total. The van der Waals surface area contributed by atoms with E-state index < -0.39 is 0 Å². The summed E-state index contributed by atoms with van der Waals surface area (Å²) in [5.74, 6) is 0.433. The molecular formula is C17H28N2O. The summed E-state index contributed by atoms with van der Waals surface area (Å²) in [6, 6.07) is 6.19. The van der Waals surface area contributed by atoms with Crippen LogP contribution in [-0.2, 0) is 6.54 Å². The lowest BCUT2D eigenvalue weighted by molar-refractivity contribution is 0.0822. The molecule has 0 aliphatic rings. The van der Waals surface area contributed by atoms with Crippen molar-refractivity contribution in [3.63, 3.8) is 0 Å². The molecule has 3 nitrogen and oxygen atoms in total. The number of pyridine rings is 1. The number of aromatic nitrogens is 1. The standard InChI is InChI=1S/C17H28N2O/c1-4-5-6-9-12-19(17(14-20)15(2)3)13-16-10-7-8-11-18-16/h4,7-8,10-11,15,17,20H,1,5-6,9,12-14H2,2-3H3/t17-/m1/s1. The second-order valence-corrected chi connectivity index (χ2v) is 5.57. The Hall–Kier alpha value is -1.19. The van der Waals surface area contributed by atoms with E-state index in [1.807, 2.05) is 30.5 Å². The summed E-state index contributed by atoms with van der Waals surface area (Å²) in [5.41, 5.74) is 1.07. The van der Waals surface area contributed by atoms with E-state index in [9.17, 15) is 5.11 Å². The second-order valence-electron chi connectivity index (χ2n) is 5.57. The lowest BCUT2D eigenvalue weighted by atomic mass is 10.0. The van der Waals surface area contributed by atoms with Gasteiger partial charge in [-0.05, 0) is 43.9 Å². The maximum Gasteiger partial charge on any atom is 0.0589 e. The van der Waals surface area contributed by atoms with Gasteiger partial charge in [0.15, 0.2) is 0 Å². The van der Waals surface area contributed by atoms with Crippen LogP contribution in [0.25, 0.3) is 0 Å². The van der Waals surface area contributed by atoms with Crippen molar-refractivity contribution in [3.05, 3.63) is 42.7 Å². The molecule has 0 bridgehead atoms. The Morgan fingerprint density at radius 3 is 2.70 bits per heavy atom. The third-order valence-electron chi connectivity index (χ3n) is 3.62. The number of aliphatic hydroxyl groups is 1. The lowest BCUT2D eigenvalue weighted by Crippen LogP contribution is -2.42. The largest absolute Gasteiger partial charge is 0.395 e. The van der Waals surface area contributed by atoms with Crippen LogP contribution in [0.3, 0.4) is 0 Å². The number of rotatable bonds is 10. The Bertz CT molecular complexity index is 365. The lowest BCUT2D eigenvalue weighted by Gasteiger charge is -2.33. The van der Waals surface area contributed by atoms with Gasteiger partial charge in [0, 0.05) is 18.8 Å². The molecule has 0 unspecified atom stereocenters. The third kappa shape index (κ3) is 5.85. The van der Waals surface area contributed by atoms with E-state index in [4.69, 9.17) is 0 Å². The molecule has 0 radical (unpaired) electrons. The molecule has 1 aromatic heterocycles. The summed E-state index contributed by atoms with van der Waals surface area (Å²) in [7, 11) is 0. The van der Waals surface area contributed by atoms with Crippen LogP contribution in [0.4, 0.5) is 0 Å². The van der Waals surface area contributed by atoms with Gasteiger partial charge in [0.2, 0.25) is 0 Å². The van der Waals surface area contributed by atoms with E-state index in [0.29, 0.717) is 5.92 Å². The molecular weight excluding hydrogens is 248 g/mol. The Kier molecular flexibility index (Phi) is 8.16. The van der Waals surface area contributed by atoms with Gasteiger partial charge in [0.05, 0.1) is 12.3 Å². The SMILES string of the molecule is C=CCCCCN(Cc1ccccn1)[C@H](CO)C(C)C. The molecule has 0 amide bonds. The Morgan fingerprint density at radius 1 is 1.35 bits per heavy atom. The monoisotopic (exact) mass is 276 g/mol. The first kappa shape index (κ1) is 16.9. The van der Waals surface area contributed by atoms with Crippen molar-refractivity contribution in [1.29, 1.82) is 0 Å². The van der Waals surface area contributed by atoms with Gasteiger partial charge in [-0.1, -0.05) is 26.0 Å². The van der Waals surface area contributed by atoms with Crippen LogP contribution in [0.1, 0.15) is 38.8 Å². The molecule has 1 heterocycles. The van der Waals surface area contributed by atoms with E-state index in [-0.39, 0.29) is 12.6 Å². The quantitative estimate of drug-likeness (QED) is 0.526. The van der Waals surface area contributed by atoms with E-state index in [2.05, 4.69) is 30.3 Å². The Labute approximate surface area is 123 Å². The van der Waals surface area contributed by atoms with E-state index in [1.54, 1.807) is 0 Å². The molecule has 0 saturated carbocycles. The van der Waals surface area contributed by atoms with Crippen molar-refractivity contribution in [3.8, 4) is 0 Å². The highest BCUT2D eigenvalue weighted by atomic mass is 16.3. The smallest absolute Gasteiger partial charge is 0.0589 e. The van der Waals surface area contributed by atoms with Crippen molar-refractivity contribution in [2.24, 2.45) is 5.92 Å². The maximum absolute atomic E-state index is 9.67. The molecule has 0 aliphatic heterocycles. The van der Waals surface area contributed by atoms with Crippen molar-refractivity contribution in [1.82, 2.24) is 9.88 Å². The number of nitrogens with zero attached hydrogens (tertiary/aromatic N) is 2. The number of hydrogen-bond acceptors (Lipinski definition) is 3. The summed E-state index contributed by atoms with van der Waals surface area (Å²) < 4.78 is 0. The minimum atomic E-state index is 0.195. The molecule has 0 aromatic carbocycles. The molecule has 3 heteroatoms. The molecule has 112 valence electrons. The zero-order valence-corrected chi connectivity index (χ0v) is 12.8. The first-order valence-corrected chi connectivity index (χ1v) is 7.54. The second kappa shape index (κ2) is 9.67. The average Bonchev–Trinajstić information content (AvgIpc) is 2.44. The summed E-state index contributed by atoms with van der Waals surface area (Å²) in [4.78, 5) is 6.76. The average molecular weight is 276 g/mol. The molecule has 1 atom stereocenters. The molecule has 20 heavy (non-hydrogen) atoms. The van der Waals surface area contributed by atoms with Gasteiger partial charge in [-0.15, -0.1) is 6.58 Å². The highest BCUT2D eigenvalue weighted by Crippen LogP contribution is 2.15. The summed E-state index contributed by atoms with van der Waals surface area (Å²) in [6.07, 6.45) is 7.13. The molecule has 0 aliphatic carbocycles. The minimum absolute atomic E-state index is 0.195. The fourth-order valence-electron chi connectivity index (χ4n) is 2.41. The fraction of sp³-hybridized carbons (Fsp3) is 0.588. The van der Waals surface area contributed by atoms with Gasteiger partial charge in [-0.3, -0.25) is 9.88 Å². The highest BCUT2D eigenvalue weighted by Gasteiger charge is 2.21. The van der Waals surface area contributed by atoms with Crippen LogP contribution in [0.15, 0.2) is 37.1 Å². The van der Waals surface area contributed by atoms with Gasteiger partial charge < -0.3 is 5.11 Å². The molecule has 1 aromatic rings. The van der Waals surface area contributed by atoms with Crippen LogP contribution in [0, 0.1) is 5.92 Å². The minimum Gasteiger partial charge on any atom is -0.395 e. The summed E-state index contributed by atoms with van der Waals surface area (Å²) >= 11 is 0. The van der Waals surface area contributed by atoms with Crippen LogP contribution in [-0.4, -0.2) is 34.2 Å². The highest BCUT2D eigenvalue weighted by molar-refractivity contribution is 5.03. The molecule has 0 spiro atoms. The van der Waals surface area contributed by atoms with Crippen molar-refractivity contribution >= 4 is 0 Å². The van der Waals surface area contributed by atoms with Crippen LogP contribution < -0.4 is 0 Å². The van der Waals surface area contributed by atoms with Crippen LogP contribution in [0.2, 0.25) is 0 Å². The van der Waals surface area contributed by atoms with Gasteiger partial charge in [-0.25, -0.2) is 0 Å². The molecule has 0 fully saturated rings. The summed E-state index contributed by atoms with van der Waals surface area (Å²) in [6.45, 7) is 10.1. The Balaban J connectivity index is 2.64. The van der Waals surface area contributed by atoms with Crippen molar-refractivity contribution in [2.75, 3.05) is 13.2 Å².